The molecule has 0 aromatic carbocycles. The molecule has 2 bridgehead atoms. The highest BCUT2D eigenvalue weighted by Crippen LogP contribution is 2.65. The van der Waals surface area contributed by atoms with Gasteiger partial charge in [-0.15, -0.1) is 0 Å². The zero-order chi connectivity index (χ0) is 13.3. The fourth-order valence-electron chi connectivity index (χ4n) is 4.48. The van der Waals surface area contributed by atoms with Gasteiger partial charge >= 0.3 is 0 Å². The van der Waals surface area contributed by atoms with Gasteiger partial charge in [0.05, 0.1) is 0 Å². The number of halogens is 1. The van der Waals surface area contributed by atoms with Crippen LogP contribution >= 0.6 is 11.5 Å². The van der Waals surface area contributed by atoms with Crippen LogP contribution in [0.25, 0.3) is 0 Å². The maximum atomic E-state index is 6.69. The molecule has 0 spiro atoms. The van der Waals surface area contributed by atoms with Gasteiger partial charge in [-0.25, -0.2) is 0 Å². The Bertz CT molecular complexity index is 310. The molecule has 3 saturated carbocycles. The van der Waals surface area contributed by atoms with E-state index in [1.807, 2.05) is 0 Å². The zero-order valence-corrected chi connectivity index (χ0v) is 13.2. The summed E-state index contributed by atoms with van der Waals surface area (Å²) in [5.74, 6) is 3.47. The molecule has 3 aliphatic rings. The van der Waals surface area contributed by atoms with Crippen LogP contribution in [-0.4, -0.2) is 6.13 Å². The summed E-state index contributed by atoms with van der Waals surface area (Å²) in [5, 5.41) is 0. The van der Waals surface area contributed by atoms with Crippen molar-refractivity contribution in [3.63, 3.8) is 0 Å². The number of fused-ring (bicyclic) bond motifs is 2. The van der Waals surface area contributed by atoms with Crippen molar-refractivity contribution in [2.45, 2.75) is 65.5 Å². The quantitative estimate of drug-likeness (QED) is 0.343. The lowest BCUT2D eigenvalue weighted by molar-refractivity contribution is -0.0988. The Kier molecular flexibility index (Phi) is 4.52. The van der Waals surface area contributed by atoms with Crippen molar-refractivity contribution in [1.29, 1.82) is 0 Å². The van der Waals surface area contributed by atoms with E-state index in [1.54, 1.807) is 0 Å². The van der Waals surface area contributed by atoms with E-state index in [0.717, 1.165) is 23.6 Å². The topological polar surface area (TPSA) is 0 Å². The molecule has 0 aromatic rings. The predicted molar refractivity (Wildman–Crippen MR) is 83.4 cm³/mol. The third kappa shape index (κ3) is 2.53. The molecule has 3 rings (SSSR count). The van der Waals surface area contributed by atoms with Crippen molar-refractivity contribution in [2.75, 3.05) is 0 Å². The van der Waals surface area contributed by atoms with Crippen molar-refractivity contribution in [3.8, 4) is 0 Å². The molecule has 3 aliphatic carbocycles. The van der Waals surface area contributed by atoms with Crippen LogP contribution in [0.3, 0.4) is 0 Å². The van der Waals surface area contributed by atoms with Gasteiger partial charge in [0.15, 0.2) is 0 Å². The first-order valence-corrected chi connectivity index (χ1v) is 8.17. The summed E-state index contributed by atoms with van der Waals surface area (Å²) in [6.45, 7) is 9.48. The highest BCUT2D eigenvalue weighted by atomic mass is 35.5. The fourth-order valence-corrected chi connectivity index (χ4v) is 4.97. The third-order valence-corrected chi connectivity index (χ3v) is 6.51. The molecule has 102 valence electrons. The molecule has 0 heterocycles. The van der Waals surface area contributed by atoms with E-state index < -0.39 is 0 Å². The van der Waals surface area contributed by atoms with Gasteiger partial charge in [-0.05, 0) is 48.8 Å². The van der Waals surface area contributed by atoms with Crippen molar-refractivity contribution in [2.24, 2.45) is 23.2 Å². The highest BCUT2D eigenvalue weighted by molar-refractivity contribution is 7.07. The van der Waals surface area contributed by atoms with Crippen molar-refractivity contribution in [3.05, 3.63) is 12.2 Å². The number of allylic oxidation sites excluding steroid dienone is 2. The molecule has 0 N–H and O–H groups in total. The van der Waals surface area contributed by atoms with Gasteiger partial charge < -0.3 is 0 Å². The first kappa shape index (κ1) is 14.5. The molecular weight excluding hydrogens is 238 g/mol. The molecule has 0 aromatic heterocycles. The second-order valence-electron chi connectivity index (χ2n) is 7.14. The van der Waals surface area contributed by atoms with Crippen LogP contribution in [0.4, 0.5) is 0 Å². The van der Waals surface area contributed by atoms with Crippen molar-refractivity contribution >= 4 is 17.6 Å². The Morgan fingerprint density at radius 2 is 2.06 bits per heavy atom. The maximum absolute atomic E-state index is 6.69. The summed E-state index contributed by atoms with van der Waals surface area (Å²) in [5.41, 5.74) is 0.595. The number of rotatable bonds is 5. The number of unbranched alkanes of at least 4 members (excludes halogenated alkanes) is 1. The number of hydrogen-bond acceptors (Lipinski definition) is 0. The lowest BCUT2D eigenvalue weighted by atomic mass is 9.36. The van der Waals surface area contributed by atoms with Crippen LogP contribution < -0.4 is 0 Å². The van der Waals surface area contributed by atoms with E-state index >= 15 is 0 Å². The van der Waals surface area contributed by atoms with Gasteiger partial charge in [-0.3, -0.25) is 0 Å². The summed E-state index contributed by atoms with van der Waals surface area (Å²) in [6, 6.07) is 0. The Balaban J connectivity index is 1.84. The monoisotopic (exact) mass is 266 g/mol. The molecule has 2 heteroatoms. The van der Waals surface area contributed by atoms with Gasteiger partial charge in [0.1, 0.15) is 0 Å². The Labute approximate surface area is 119 Å². The van der Waals surface area contributed by atoms with E-state index in [0.29, 0.717) is 11.5 Å². The average Bonchev–Trinajstić information content (AvgIpc) is 2.33. The average molecular weight is 267 g/mol. The maximum Gasteiger partial charge on any atom is 0.254 e. The Hall–Kier alpha value is 0.0949. The molecule has 18 heavy (non-hydrogen) atoms. The minimum Gasteiger partial charge on any atom is -0.195 e. The predicted octanol–water partition coefficient (Wildman–Crippen LogP) is 5.65. The van der Waals surface area contributed by atoms with Gasteiger partial charge in [0.2, 0.25) is 0 Å². The van der Waals surface area contributed by atoms with Gasteiger partial charge in [-0.1, -0.05) is 52.1 Å². The standard InChI is InChI=1S/C16H28BCl/c1-5-6-7-8-9-17(18)15-11-13-10-14(12(15)2)16(13,3)4/h5-6,12-15H,7-11H2,1-4H3/b6-5+/t12-,13+,14-,15-/m1/s1. The second kappa shape index (κ2) is 5.61. The first-order chi connectivity index (χ1) is 8.48. The first-order valence-electron chi connectivity index (χ1n) is 7.73. The summed E-state index contributed by atoms with van der Waals surface area (Å²) >= 11 is 6.69. The highest BCUT2D eigenvalue weighted by Gasteiger charge is 2.57. The van der Waals surface area contributed by atoms with E-state index in [4.69, 9.17) is 11.5 Å². The van der Waals surface area contributed by atoms with Crippen LogP contribution in [0.2, 0.25) is 12.1 Å². The summed E-state index contributed by atoms with van der Waals surface area (Å²) in [7, 11) is 0. The minimum absolute atomic E-state index is 0.409. The third-order valence-electron chi connectivity index (χ3n) is 5.96. The van der Waals surface area contributed by atoms with Gasteiger partial charge in [0, 0.05) is 0 Å². The van der Waals surface area contributed by atoms with Crippen LogP contribution in [0.15, 0.2) is 12.2 Å². The van der Waals surface area contributed by atoms with Gasteiger partial charge in [0.25, 0.3) is 6.13 Å². The smallest absolute Gasteiger partial charge is 0.195 e. The van der Waals surface area contributed by atoms with Crippen LogP contribution in [0.1, 0.15) is 53.4 Å². The molecule has 0 radical (unpaired) electrons. The zero-order valence-electron chi connectivity index (χ0n) is 12.5. The number of hydrogen-bond donors (Lipinski definition) is 0. The molecule has 4 atom stereocenters. The molecule has 0 aliphatic heterocycles. The lowest BCUT2D eigenvalue weighted by Gasteiger charge is -2.62. The molecular formula is C16H28BCl. The Morgan fingerprint density at radius 3 is 2.61 bits per heavy atom. The minimum atomic E-state index is 0.409. The lowest BCUT2D eigenvalue weighted by Crippen LogP contribution is -2.55. The Morgan fingerprint density at radius 1 is 1.33 bits per heavy atom. The van der Waals surface area contributed by atoms with Gasteiger partial charge in [-0.2, -0.15) is 11.5 Å². The molecule has 0 amide bonds. The largest absolute Gasteiger partial charge is 0.254 e. The fraction of sp³-hybridized carbons (Fsp3) is 0.875. The summed E-state index contributed by atoms with van der Waals surface area (Å²) in [6.07, 6.45) is 11.3. The normalized spacial score (nSPS) is 37.6. The van der Waals surface area contributed by atoms with E-state index in [2.05, 4.69) is 39.8 Å². The van der Waals surface area contributed by atoms with Crippen LogP contribution in [-0.2, 0) is 0 Å². The molecule has 0 saturated heterocycles. The van der Waals surface area contributed by atoms with E-state index in [1.165, 1.54) is 32.0 Å². The second-order valence-corrected chi connectivity index (χ2v) is 7.70. The molecule has 0 unspecified atom stereocenters. The summed E-state index contributed by atoms with van der Waals surface area (Å²) in [4.78, 5) is 0. The van der Waals surface area contributed by atoms with E-state index in [9.17, 15) is 0 Å². The van der Waals surface area contributed by atoms with Crippen LogP contribution in [0.5, 0.6) is 0 Å². The van der Waals surface area contributed by atoms with E-state index in [-0.39, 0.29) is 0 Å². The molecule has 3 fully saturated rings. The molecule has 0 nitrogen and oxygen atoms in total. The summed E-state index contributed by atoms with van der Waals surface area (Å²) < 4.78 is 0. The SMILES string of the molecule is C/C=C/CCCB(Cl)[C@@H]1C[C@@H]2C[C@H]([C@H]1C)C2(C)C. The van der Waals surface area contributed by atoms with Crippen LogP contribution in [0, 0.1) is 23.2 Å². The van der Waals surface area contributed by atoms with Crippen molar-refractivity contribution in [1.82, 2.24) is 0 Å². The van der Waals surface area contributed by atoms with Crippen molar-refractivity contribution < 1.29 is 0 Å².